The van der Waals surface area contributed by atoms with E-state index in [0.717, 1.165) is 35.5 Å². The van der Waals surface area contributed by atoms with Crippen LogP contribution in [-0.4, -0.2) is 51.5 Å². The Morgan fingerprint density at radius 3 is 2.70 bits per heavy atom. The van der Waals surface area contributed by atoms with Crippen LogP contribution in [0.2, 0.25) is 0 Å². The van der Waals surface area contributed by atoms with Crippen molar-refractivity contribution in [3.63, 3.8) is 0 Å². The molecule has 1 saturated heterocycles. The second-order valence-electron chi connectivity index (χ2n) is 7.95. The van der Waals surface area contributed by atoms with E-state index in [1.165, 1.54) is 6.42 Å². The number of likely N-dealkylation sites (tertiary alicyclic amines) is 1. The van der Waals surface area contributed by atoms with Crippen molar-refractivity contribution in [1.82, 2.24) is 25.2 Å². The van der Waals surface area contributed by atoms with Crippen LogP contribution >= 0.6 is 15.9 Å². The molecule has 3 atom stereocenters. The molecule has 2 heterocycles. The summed E-state index contributed by atoms with van der Waals surface area (Å²) < 4.78 is 2.65. The molecule has 1 N–H and O–H groups in total. The van der Waals surface area contributed by atoms with Crippen molar-refractivity contribution in [1.29, 1.82) is 0 Å². The SMILES string of the molecule is Cc1c(C(=O)NC(C)CN2CC(C)CC(C)C2)nnn1-c1cccc(Br)c1. The Morgan fingerprint density at radius 2 is 2.04 bits per heavy atom. The van der Waals surface area contributed by atoms with E-state index < -0.39 is 0 Å². The quantitative estimate of drug-likeness (QED) is 0.784. The zero-order chi connectivity index (χ0) is 19.6. The van der Waals surface area contributed by atoms with Gasteiger partial charge in [0.15, 0.2) is 5.69 Å². The van der Waals surface area contributed by atoms with Gasteiger partial charge >= 0.3 is 0 Å². The zero-order valence-corrected chi connectivity index (χ0v) is 18.0. The van der Waals surface area contributed by atoms with Crippen molar-refractivity contribution in [2.75, 3.05) is 19.6 Å². The molecule has 3 unspecified atom stereocenters. The molecule has 27 heavy (non-hydrogen) atoms. The van der Waals surface area contributed by atoms with Crippen LogP contribution in [0.5, 0.6) is 0 Å². The van der Waals surface area contributed by atoms with Gasteiger partial charge in [-0.05, 0) is 50.3 Å². The van der Waals surface area contributed by atoms with E-state index in [-0.39, 0.29) is 11.9 Å². The molecule has 6 nitrogen and oxygen atoms in total. The number of piperidine rings is 1. The van der Waals surface area contributed by atoms with Gasteiger partial charge in [-0.25, -0.2) is 4.68 Å². The highest BCUT2D eigenvalue weighted by molar-refractivity contribution is 9.10. The Labute approximate surface area is 169 Å². The molecule has 0 radical (unpaired) electrons. The summed E-state index contributed by atoms with van der Waals surface area (Å²) in [6.07, 6.45) is 1.29. The molecule has 146 valence electrons. The highest BCUT2D eigenvalue weighted by atomic mass is 79.9. The predicted octanol–water partition coefficient (Wildman–Crippen LogP) is 3.43. The number of carbonyl (C=O) groups excluding carboxylic acids is 1. The summed E-state index contributed by atoms with van der Waals surface area (Å²) in [5.74, 6) is 1.26. The minimum Gasteiger partial charge on any atom is -0.347 e. The molecule has 1 fully saturated rings. The maximum atomic E-state index is 12.7. The monoisotopic (exact) mass is 433 g/mol. The van der Waals surface area contributed by atoms with Crippen LogP contribution in [0.1, 0.15) is 43.4 Å². The van der Waals surface area contributed by atoms with Gasteiger partial charge in [-0.15, -0.1) is 5.10 Å². The van der Waals surface area contributed by atoms with Crippen LogP contribution in [0.3, 0.4) is 0 Å². The van der Waals surface area contributed by atoms with Gasteiger partial charge in [0, 0.05) is 30.1 Å². The van der Waals surface area contributed by atoms with Gasteiger partial charge in [0.1, 0.15) is 0 Å². The molecule has 7 heteroatoms. The maximum absolute atomic E-state index is 12.7. The van der Waals surface area contributed by atoms with Crippen molar-refractivity contribution in [3.05, 3.63) is 40.1 Å². The molecule has 1 aromatic heterocycles. The normalized spacial score (nSPS) is 21.8. The van der Waals surface area contributed by atoms with E-state index in [2.05, 4.69) is 57.2 Å². The number of nitrogens with one attached hydrogen (secondary N) is 1. The van der Waals surface area contributed by atoms with Gasteiger partial charge in [0.25, 0.3) is 5.91 Å². The van der Waals surface area contributed by atoms with Crippen LogP contribution in [0, 0.1) is 18.8 Å². The number of amides is 1. The average Bonchev–Trinajstić information content (AvgIpc) is 2.95. The van der Waals surface area contributed by atoms with Gasteiger partial charge in [-0.3, -0.25) is 4.79 Å². The molecule has 1 amide bonds. The van der Waals surface area contributed by atoms with E-state index in [0.29, 0.717) is 17.5 Å². The van der Waals surface area contributed by atoms with Gasteiger partial charge in [0.05, 0.1) is 11.4 Å². The first-order chi connectivity index (χ1) is 12.8. The van der Waals surface area contributed by atoms with E-state index in [4.69, 9.17) is 0 Å². The maximum Gasteiger partial charge on any atom is 0.274 e. The van der Waals surface area contributed by atoms with Crippen LogP contribution in [0.15, 0.2) is 28.7 Å². The third-order valence-electron chi connectivity index (χ3n) is 5.02. The lowest BCUT2D eigenvalue weighted by molar-refractivity contribution is 0.0899. The first-order valence-corrected chi connectivity index (χ1v) is 10.3. The lowest BCUT2D eigenvalue weighted by atomic mass is 9.92. The number of hydrogen-bond donors (Lipinski definition) is 1. The van der Waals surface area contributed by atoms with Crippen molar-refractivity contribution < 1.29 is 4.79 Å². The summed E-state index contributed by atoms with van der Waals surface area (Å²) in [7, 11) is 0. The number of hydrogen-bond acceptors (Lipinski definition) is 4. The largest absolute Gasteiger partial charge is 0.347 e. The standard InChI is InChI=1S/C20H28BrN5O/c1-13-8-14(2)11-25(10-13)12-15(3)22-20(27)19-16(4)26(24-23-19)18-7-5-6-17(21)9-18/h5-7,9,13-15H,8,10-12H2,1-4H3,(H,22,27). The summed E-state index contributed by atoms with van der Waals surface area (Å²) in [6, 6.07) is 7.83. The van der Waals surface area contributed by atoms with Gasteiger partial charge < -0.3 is 10.2 Å². The molecular weight excluding hydrogens is 406 g/mol. The third-order valence-corrected chi connectivity index (χ3v) is 5.51. The molecule has 1 aliphatic rings. The summed E-state index contributed by atoms with van der Waals surface area (Å²) in [6.45, 7) is 11.6. The number of nitrogens with zero attached hydrogens (tertiary/aromatic N) is 4. The Hall–Kier alpha value is -1.73. The number of benzene rings is 1. The van der Waals surface area contributed by atoms with Crippen LogP contribution in [-0.2, 0) is 0 Å². The Bertz CT molecular complexity index is 795. The zero-order valence-electron chi connectivity index (χ0n) is 16.4. The Kier molecular flexibility index (Phi) is 6.32. The molecule has 1 aliphatic heterocycles. The number of aromatic nitrogens is 3. The van der Waals surface area contributed by atoms with E-state index in [1.807, 2.05) is 31.2 Å². The van der Waals surface area contributed by atoms with Gasteiger partial charge in [-0.1, -0.05) is 41.1 Å². The fourth-order valence-electron chi connectivity index (χ4n) is 4.06. The second-order valence-corrected chi connectivity index (χ2v) is 8.87. The van der Waals surface area contributed by atoms with Crippen molar-refractivity contribution in [3.8, 4) is 5.69 Å². The van der Waals surface area contributed by atoms with Crippen molar-refractivity contribution in [2.45, 2.75) is 40.2 Å². The van der Waals surface area contributed by atoms with Gasteiger partial charge in [-0.2, -0.15) is 0 Å². The minimum atomic E-state index is -0.167. The van der Waals surface area contributed by atoms with E-state index >= 15 is 0 Å². The average molecular weight is 434 g/mol. The predicted molar refractivity (Wildman–Crippen MR) is 110 cm³/mol. The first kappa shape index (κ1) is 20.0. The summed E-state index contributed by atoms with van der Waals surface area (Å²) >= 11 is 3.46. The minimum absolute atomic E-state index is 0.0606. The van der Waals surface area contributed by atoms with Crippen molar-refractivity contribution in [2.24, 2.45) is 11.8 Å². The second kappa shape index (κ2) is 8.52. The van der Waals surface area contributed by atoms with E-state index in [1.54, 1.807) is 4.68 Å². The molecular formula is C20H28BrN5O. The van der Waals surface area contributed by atoms with Crippen LogP contribution < -0.4 is 5.32 Å². The number of rotatable bonds is 5. The number of halogens is 1. The summed E-state index contributed by atoms with van der Waals surface area (Å²) in [4.78, 5) is 15.2. The highest BCUT2D eigenvalue weighted by Crippen LogP contribution is 2.21. The third kappa shape index (κ3) is 4.96. The molecule has 2 aromatic rings. The lowest BCUT2D eigenvalue weighted by Crippen LogP contribution is -2.47. The van der Waals surface area contributed by atoms with Crippen LogP contribution in [0.4, 0.5) is 0 Å². The highest BCUT2D eigenvalue weighted by Gasteiger charge is 2.24. The Morgan fingerprint density at radius 1 is 1.33 bits per heavy atom. The molecule has 0 saturated carbocycles. The molecule has 1 aromatic carbocycles. The fraction of sp³-hybridized carbons (Fsp3) is 0.550. The summed E-state index contributed by atoms with van der Waals surface area (Å²) in [5, 5.41) is 11.4. The van der Waals surface area contributed by atoms with Crippen molar-refractivity contribution >= 4 is 21.8 Å². The lowest BCUT2D eigenvalue weighted by Gasteiger charge is -2.36. The molecule has 0 bridgehead atoms. The topological polar surface area (TPSA) is 63.1 Å². The smallest absolute Gasteiger partial charge is 0.274 e. The van der Waals surface area contributed by atoms with E-state index in [9.17, 15) is 4.79 Å². The fourth-order valence-corrected chi connectivity index (χ4v) is 4.45. The van der Waals surface area contributed by atoms with Crippen LogP contribution in [0.25, 0.3) is 5.69 Å². The molecule has 3 rings (SSSR count). The van der Waals surface area contributed by atoms with Gasteiger partial charge in [0.2, 0.25) is 0 Å². The molecule has 0 spiro atoms. The number of carbonyl (C=O) groups is 1. The Balaban J connectivity index is 1.64. The first-order valence-electron chi connectivity index (χ1n) is 9.55. The summed E-state index contributed by atoms with van der Waals surface area (Å²) in [5.41, 5.74) is 1.98. The molecule has 0 aliphatic carbocycles.